The Balaban J connectivity index is 1.61. The fourth-order valence-corrected chi connectivity index (χ4v) is 2.91. The number of hydrogen-bond acceptors (Lipinski definition) is 5. The Morgan fingerprint density at radius 3 is 2.24 bits per heavy atom. The van der Waals surface area contributed by atoms with Gasteiger partial charge in [-0.3, -0.25) is 0 Å². The second-order valence-electron chi connectivity index (χ2n) is 5.40. The van der Waals surface area contributed by atoms with Crippen LogP contribution < -0.4 is 5.32 Å². The van der Waals surface area contributed by atoms with Crippen LogP contribution in [-0.4, -0.2) is 21.5 Å². The van der Waals surface area contributed by atoms with Gasteiger partial charge in [-0.2, -0.15) is 13.2 Å². The standard InChI is InChI=1S/C17H15F3N4S/c1-11-15(24-10-25-11)6-7-21-16-22-8-13(9-23-16)12-2-4-14(5-3-12)17(18,19)20/h2-5,8-10H,6-7H2,1H3,(H,21,22,23). The highest BCUT2D eigenvalue weighted by molar-refractivity contribution is 7.09. The summed E-state index contributed by atoms with van der Waals surface area (Å²) in [6.07, 6.45) is -0.379. The van der Waals surface area contributed by atoms with Crippen molar-refractivity contribution in [3.8, 4) is 11.1 Å². The molecule has 0 unspecified atom stereocenters. The van der Waals surface area contributed by atoms with Crippen molar-refractivity contribution < 1.29 is 13.2 Å². The number of rotatable bonds is 5. The molecule has 0 radical (unpaired) electrons. The number of aromatic nitrogens is 3. The molecule has 0 aliphatic rings. The number of anilines is 1. The van der Waals surface area contributed by atoms with Crippen molar-refractivity contribution in [3.05, 3.63) is 58.3 Å². The summed E-state index contributed by atoms with van der Waals surface area (Å²) in [6, 6.07) is 4.94. The van der Waals surface area contributed by atoms with Crippen LogP contribution in [0.4, 0.5) is 19.1 Å². The number of benzene rings is 1. The third kappa shape index (κ3) is 4.33. The predicted molar refractivity (Wildman–Crippen MR) is 91.5 cm³/mol. The van der Waals surface area contributed by atoms with E-state index in [4.69, 9.17) is 0 Å². The van der Waals surface area contributed by atoms with Crippen LogP contribution in [0.3, 0.4) is 0 Å². The average Bonchev–Trinajstić information content (AvgIpc) is 3.00. The zero-order valence-electron chi connectivity index (χ0n) is 13.3. The first-order valence-electron chi connectivity index (χ1n) is 7.56. The van der Waals surface area contributed by atoms with Crippen LogP contribution in [0.25, 0.3) is 11.1 Å². The van der Waals surface area contributed by atoms with Gasteiger partial charge in [0.15, 0.2) is 0 Å². The molecule has 8 heteroatoms. The Labute approximate surface area is 146 Å². The van der Waals surface area contributed by atoms with Gasteiger partial charge < -0.3 is 5.32 Å². The minimum atomic E-state index is -4.33. The van der Waals surface area contributed by atoms with Crippen molar-refractivity contribution in [2.75, 3.05) is 11.9 Å². The van der Waals surface area contributed by atoms with E-state index in [2.05, 4.69) is 20.3 Å². The summed E-state index contributed by atoms with van der Waals surface area (Å²) in [5, 5.41) is 3.11. The molecule has 0 aliphatic carbocycles. The van der Waals surface area contributed by atoms with Crippen LogP contribution in [0.1, 0.15) is 16.1 Å². The summed E-state index contributed by atoms with van der Waals surface area (Å²) >= 11 is 1.61. The molecule has 0 atom stereocenters. The molecular formula is C17H15F3N4S. The van der Waals surface area contributed by atoms with Gasteiger partial charge in [0.1, 0.15) is 0 Å². The normalized spacial score (nSPS) is 11.5. The summed E-state index contributed by atoms with van der Waals surface area (Å²) in [7, 11) is 0. The molecule has 0 saturated heterocycles. The van der Waals surface area contributed by atoms with E-state index in [9.17, 15) is 13.2 Å². The Morgan fingerprint density at radius 1 is 1.00 bits per heavy atom. The highest BCUT2D eigenvalue weighted by Gasteiger charge is 2.29. The summed E-state index contributed by atoms with van der Waals surface area (Å²) in [5.74, 6) is 0.476. The van der Waals surface area contributed by atoms with Gasteiger partial charge in [-0.1, -0.05) is 12.1 Å². The topological polar surface area (TPSA) is 50.7 Å². The number of halogens is 3. The SMILES string of the molecule is Cc1scnc1CCNc1ncc(-c2ccc(C(F)(F)F)cc2)cn1. The molecule has 0 fully saturated rings. The third-order valence-corrected chi connectivity index (χ3v) is 4.49. The van der Waals surface area contributed by atoms with Crippen LogP contribution >= 0.6 is 11.3 Å². The van der Waals surface area contributed by atoms with Crippen molar-refractivity contribution >= 4 is 17.3 Å². The van der Waals surface area contributed by atoms with Crippen LogP contribution in [-0.2, 0) is 12.6 Å². The third-order valence-electron chi connectivity index (χ3n) is 3.69. The van der Waals surface area contributed by atoms with E-state index in [1.807, 2.05) is 12.4 Å². The van der Waals surface area contributed by atoms with E-state index in [0.717, 1.165) is 24.2 Å². The fraction of sp³-hybridized carbons (Fsp3) is 0.235. The van der Waals surface area contributed by atoms with Gasteiger partial charge >= 0.3 is 6.18 Å². The van der Waals surface area contributed by atoms with E-state index in [1.165, 1.54) is 17.0 Å². The Kier molecular flexibility index (Phi) is 4.98. The molecule has 0 aliphatic heterocycles. The first-order valence-corrected chi connectivity index (χ1v) is 8.44. The van der Waals surface area contributed by atoms with Crippen LogP contribution in [0.5, 0.6) is 0 Å². The number of thiazole rings is 1. The maximum atomic E-state index is 12.6. The molecule has 130 valence electrons. The minimum absolute atomic E-state index is 0.476. The molecule has 0 bridgehead atoms. The van der Waals surface area contributed by atoms with Gasteiger partial charge in [0.25, 0.3) is 0 Å². The van der Waals surface area contributed by atoms with Gasteiger partial charge in [-0.15, -0.1) is 11.3 Å². The molecule has 4 nitrogen and oxygen atoms in total. The summed E-state index contributed by atoms with van der Waals surface area (Å²) in [6.45, 7) is 2.69. The molecule has 0 saturated carbocycles. The number of aryl methyl sites for hydroxylation is 1. The molecule has 3 aromatic rings. The fourth-order valence-electron chi connectivity index (χ4n) is 2.28. The zero-order chi connectivity index (χ0) is 17.9. The van der Waals surface area contributed by atoms with Crippen molar-refractivity contribution in [2.24, 2.45) is 0 Å². The van der Waals surface area contributed by atoms with Gasteiger partial charge in [0.05, 0.1) is 16.8 Å². The zero-order valence-corrected chi connectivity index (χ0v) is 14.2. The maximum absolute atomic E-state index is 12.6. The Morgan fingerprint density at radius 2 is 1.68 bits per heavy atom. The van der Waals surface area contributed by atoms with Gasteiger partial charge in [0.2, 0.25) is 5.95 Å². The maximum Gasteiger partial charge on any atom is 0.416 e. The molecule has 1 N–H and O–H groups in total. The number of hydrogen-bond donors (Lipinski definition) is 1. The lowest BCUT2D eigenvalue weighted by Crippen LogP contribution is -2.08. The van der Waals surface area contributed by atoms with Crippen molar-refractivity contribution in [1.82, 2.24) is 15.0 Å². The Hall–Kier alpha value is -2.48. The lowest BCUT2D eigenvalue weighted by atomic mass is 10.1. The predicted octanol–water partition coefficient (Wildman–Crippen LogP) is 4.58. The average molecular weight is 364 g/mol. The summed E-state index contributed by atoms with van der Waals surface area (Å²) in [4.78, 5) is 13.9. The van der Waals surface area contributed by atoms with Crippen molar-refractivity contribution in [3.63, 3.8) is 0 Å². The number of nitrogens with zero attached hydrogens (tertiary/aromatic N) is 3. The minimum Gasteiger partial charge on any atom is -0.354 e. The quantitative estimate of drug-likeness (QED) is 0.720. The highest BCUT2D eigenvalue weighted by atomic mass is 32.1. The van der Waals surface area contributed by atoms with E-state index in [0.29, 0.717) is 23.6 Å². The van der Waals surface area contributed by atoms with Crippen molar-refractivity contribution in [1.29, 1.82) is 0 Å². The Bertz CT molecular complexity index is 826. The number of alkyl halides is 3. The van der Waals surface area contributed by atoms with Crippen LogP contribution in [0.15, 0.2) is 42.2 Å². The summed E-state index contributed by atoms with van der Waals surface area (Å²) < 4.78 is 37.8. The van der Waals surface area contributed by atoms with E-state index < -0.39 is 11.7 Å². The van der Waals surface area contributed by atoms with E-state index in [1.54, 1.807) is 23.7 Å². The molecular weight excluding hydrogens is 349 g/mol. The van der Waals surface area contributed by atoms with Gasteiger partial charge in [-0.25, -0.2) is 15.0 Å². The molecule has 25 heavy (non-hydrogen) atoms. The second-order valence-corrected chi connectivity index (χ2v) is 6.46. The molecule has 2 heterocycles. The smallest absolute Gasteiger partial charge is 0.354 e. The monoisotopic (exact) mass is 364 g/mol. The van der Waals surface area contributed by atoms with Crippen LogP contribution in [0.2, 0.25) is 0 Å². The van der Waals surface area contributed by atoms with Gasteiger partial charge in [-0.05, 0) is 24.6 Å². The van der Waals surface area contributed by atoms with E-state index >= 15 is 0 Å². The first-order chi connectivity index (χ1) is 11.9. The number of nitrogens with one attached hydrogen (secondary N) is 1. The largest absolute Gasteiger partial charge is 0.416 e. The van der Waals surface area contributed by atoms with Crippen LogP contribution in [0, 0.1) is 6.92 Å². The molecule has 0 spiro atoms. The molecule has 0 amide bonds. The highest BCUT2D eigenvalue weighted by Crippen LogP contribution is 2.30. The van der Waals surface area contributed by atoms with Gasteiger partial charge in [0, 0.05) is 35.8 Å². The lowest BCUT2D eigenvalue weighted by molar-refractivity contribution is -0.137. The second kappa shape index (κ2) is 7.18. The summed E-state index contributed by atoms with van der Waals surface area (Å²) in [5.41, 5.74) is 3.50. The van der Waals surface area contributed by atoms with E-state index in [-0.39, 0.29) is 0 Å². The first kappa shape index (κ1) is 17.3. The molecule has 2 aromatic heterocycles. The molecule has 1 aromatic carbocycles. The van der Waals surface area contributed by atoms with Crippen molar-refractivity contribution in [2.45, 2.75) is 19.5 Å². The molecule has 3 rings (SSSR count). The lowest BCUT2D eigenvalue weighted by Gasteiger charge is -2.08.